The maximum atomic E-state index is 9.12. The number of aryl methyl sites for hydroxylation is 1. The normalized spacial score (nSPS) is 11.3. The molecule has 0 aliphatic rings. The Labute approximate surface area is 179 Å². The number of rotatable bonds is 10. The second kappa shape index (κ2) is 10.3. The third-order valence-electron chi connectivity index (χ3n) is 5.34. The van der Waals surface area contributed by atoms with Crippen molar-refractivity contribution >= 4 is 0 Å². The van der Waals surface area contributed by atoms with Gasteiger partial charge in [0.05, 0.1) is 14.2 Å². The van der Waals surface area contributed by atoms with Gasteiger partial charge >= 0.3 is 0 Å². The Bertz CT molecular complexity index is 852. The topological polar surface area (TPSA) is 47.9 Å². The Morgan fingerprint density at radius 3 is 1.50 bits per heavy atom. The van der Waals surface area contributed by atoms with Crippen LogP contribution in [0, 0.1) is 0 Å². The molecular weight excluding hydrogens is 376 g/mol. The van der Waals surface area contributed by atoms with Crippen molar-refractivity contribution in [2.24, 2.45) is 0 Å². The number of hydrogen-bond acceptors (Lipinski definition) is 4. The minimum absolute atomic E-state index is 0.197. The van der Waals surface area contributed by atoms with E-state index in [4.69, 9.17) is 19.3 Å². The summed E-state index contributed by atoms with van der Waals surface area (Å²) in [6, 6.07) is 24.5. The van der Waals surface area contributed by atoms with Gasteiger partial charge in [-0.2, -0.15) is 0 Å². The van der Waals surface area contributed by atoms with Crippen molar-refractivity contribution in [1.82, 2.24) is 0 Å². The molecule has 0 aromatic heterocycles. The Morgan fingerprint density at radius 1 is 0.700 bits per heavy atom. The van der Waals surface area contributed by atoms with Crippen molar-refractivity contribution in [2.45, 2.75) is 25.4 Å². The van der Waals surface area contributed by atoms with Crippen LogP contribution in [0.1, 0.15) is 35.6 Å². The first-order chi connectivity index (χ1) is 14.7. The number of methoxy groups -OCH3 is 2. The van der Waals surface area contributed by atoms with Crippen LogP contribution in [0.25, 0.3) is 0 Å². The van der Waals surface area contributed by atoms with Crippen LogP contribution in [0.3, 0.4) is 0 Å². The van der Waals surface area contributed by atoms with Gasteiger partial charge in [-0.1, -0.05) is 48.5 Å². The molecule has 4 heteroatoms. The number of hydrogen-bond donors (Lipinski definition) is 1. The van der Waals surface area contributed by atoms with E-state index in [-0.39, 0.29) is 6.61 Å². The molecule has 0 saturated carbocycles. The van der Waals surface area contributed by atoms with E-state index in [0.29, 0.717) is 6.61 Å². The summed E-state index contributed by atoms with van der Waals surface area (Å²) in [6.07, 6.45) is 1.61. The third kappa shape index (κ3) is 4.50. The molecule has 0 aliphatic heterocycles. The van der Waals surface area contributed by atoms with E-state index in [0.717, 1.165) is 41.0 Å². The molecule has 3 rings (SSSR count). The molecule has 0 amide bonds. The Morgan fingerprint density at radius 2 is 1.13 bits per heavy atom. The molecule has 0 radical (unpaired) electrons. The van der Waals surface area contributed by atoms with Crippen LogP contribution in [-0.2, 0) is 16.8 Å². The fraction of sp³-hybridized carbons (Fsp3) is 0.308. The van der Waals surface area contributed by atoms with E-state index < -0.39 is 5.60 Å². The van der Waals surface area contributed by atoms with Crippen LogP contribution < -0.4 is 9.47 Å². The Balaban J connectivity index is 2.16. The molecule has 1 N–H and O–H groups in total. The van der Waals surface area contributed by atoms with Gasteiger partial charge < -0.3 is 19.3 Å². The van der Waals surface area contributed by atoms with Crippen molar-refractivity contribution in [3.05, 3.63) is 95.1 Å². The smallest absolute Gasteiger partial charge is 0.143 e. The number of aliphatic hydroxyl groups is 1. The molecule has 0 fully saturated rings. The molecular formula is C26H30O4. The lowest BCUT2D eigenvalue weighted by Crippen LogP contribution is -2.33. The van der Waals surface area contributed by atoms with Crippen LogP contribution in [-0.4, -0.2) is 32.5 Å². The first kappa shape index (κ1) is 21.9. The quantitative estimate of drug-likeness (QED) is 0.484. The lowest BCUT2D eigenvalue weighted by Gasteiger charge is -2.36. The third-order valence-corrected chi connectivity index (χ3v) is 5.34. The van der Waals surface area contributed by atoms with Crippen molar-refractivity contribution < 1.29 is 19.3 Å². The van der Waals surface area contributed by atoms with E-state index in [1.165, 1.54) is 5.56 Å². The van der Waals surface area contributed by atoms with E-state index in [9.17, 15) is 0 Å². The van der Waals surface area contributed by atoms with Gasteiger partial charge in [-0.15, -0.1) is 0 Å². The molecule has 0 unspecified atom stereocenters. The molecule has 4 nitrogen and oxygen atoms in total. The fourth-order valence-electron chi connectivity index (χ4n) is 3.81. The van der Waals surface area contributed by atoms with Gasteiger partial charge in [0.15, 0.2) is 0 Å². The zero-order valence-corrected chi connectivity index (χ0v) is 17.9. The zero-order valence-electron chi connectivity index (χ0n) is 17.9. The van der Waals surface area contributed by atoms with Gasteiger partial charge in [-0.3, -0.25) is 0 Å². The fourth-order valence-corrected chi connectivity index (χ4v) is 3.81. The van der Waals surface area contributed by atoms with E-state index in [1.807, 2.05) is 31.2 Å². The average molecular weight is 407 g/mol. The lowest BCUT2D eigenvalue weighted by molar-refractivity contribution is 0.0215. The first-order valence-electron chi connectivity index (χ1n) is 10.3. The van der Waals surface area contributed by atoms with Crippen molar-refractivity contribution in [3.8, 4) is 11.5 Å². The average Bonchev–Trinajstić information content (AvgIpc) is 2.82. The largest absolute Gasteiger partial charge is 0.497 e. The minimum Gasteiger partial charge on any atom is -0.497 e. The highest BCUT2D eigenvalue weighted by atomic mass is 16.5. The second-order valence-corrected chi connectivity index (χ2v) is 7.10. The standard InChI is InChI=1S/C26H30O4/c1-4-30-26(22-11-15-24(28-2)16-12-22,23-13-17-25(29-3)18-14-23)21-9-7-20(8-10-21)6-5-19-27/h7-18,27H,4-6,19H2,1-3H3. The van der Waals surface area contributed by atoms with Crippen LogP contribution in [0.15, 0.2) is 72.8 Å². The minimum atomic E-state index is -0.761. The monoisotopic (exact) mass is 406 g/mol. The summed E-state index contributed by atoms with van der Waals surface area (Å²) in [5.41, 5.74) is 3.54. The summed E-state index contributed by atoms with van der Waals surface area (Å²) in [5.74, 6) is 1.61. The summed E-state index contributed by atoms with van der Waals surface area (Å²) in [4.78, 5) is 0. The van der Waals surface area contributed by atoms with Crippen LogP contribution in [0.5, 0.6) is 11.5 Å². The molecule has 0 spiro atoms. The van der Waals surface area contributed by atoms with Gasteiger partial charge in [0.2, 0.25) is 0 Å². The van der Waals surface area contributed by atoms with Gasteiger partial charge in [0, 0.05) is 13.2 Å². The van der Waals surface area contributed by atoms with Gasteiger partial charge in [-0.05, 0) is 66.3 Å². The molecule has 30 heavy (non-hydrogen) atoms. The number of ether oxygens (including phenoxy) is 3. The highest BCUT2D eigenvalue weighted by Crippen LogP contribution is 2.41. The molecule has 3 aromatic carbocycles. The number of aliphatic hydroxyl groups excluding tert-OH is 1. The van der Waals surface area contributed by atoms with Gasteiger partial charge in [0.1, 0.15) is 17.1 Å². The molecule has 3 aromatic rings. The van der Waals surface area contributed by atoms with E-state index in [2.05, 4.69) is 48.5 Å². The maximum Gasteiger partial charge on any atom is 0.143 e. The lowest BCUT2D eigenvalue weighted by atomic mass is 9.79. The summed E-state index contributed by atoms with van der Waals surface area (Å²) in [5, 5.41) is 9.12. The molecule has 0 bridgehead atoms. The summed E-state index contributed by atoms with van der Waals surface area (Å²) in [7, 11) is 3.33. The Kier molecular flexibility index (Phi) is 7.50. The van der Waals surface area contributed by atoms with Crippen molar-refractivity contribution in [3.63, 3.8) is 0 Å². The highest BCUT2D eigenvalue weighted by Gasteiger charge is 2.37. The molecule has 0 atom stereocenters. The summed E-state index contributed by atoms with van der Waals surface area (Å²) in [6.45, 7) is 2.75. The van der Waals surface area contributed by atoms with E-state index in [1.54, 1.807) is 14.2 Å². The van der Waals surface area contributed by atoms with Crippen molar-refractivity contribution in [1.29, 1.82) is 0 Å². The first-order valence-corrected chi connectivity index (χ1v) is 10.3. The molecule has 158 valence electrons. The van der Waals surface area contributed by atoms with Crippen LogP contribution in [0.4, 0.5) is 0 Å². The molecule has 0 saturated heterocycles. The molecule has 0 aliphatic carbocycles. The SMILES string of the molecule is CCOC(c1ccc(CCCO)cc1)(c1ccc(OC)cc1)c1ccc(OC)cc1. The van der Waals surface area contributed by atoms with Crippen LogP contribution >= 0.6 is 0 Å². The highest BCUT2D eigenvalue weighted by molar-refractivity contribution is 5.50. The molecule has 0 heterocycles. The second-order valence-electron chi connectivity index (χ2n) is 7.10. The predicted octanol–water partition coefficient (Wildman–Crippen LogP) is 4.96. The maximum absolute atomic E-state index is 9.12. The van der Waals surface area contributed by atoms with Crippen LogP contribution in [0.2, 0.25) is 0 Å². The van der Waals surface area contributed by atoms with E-state index >= 15 is 0 Å². The van der Waals surface area contributed by atoms with Crippen molar-refractivity contribution in [2.75, 3.05) is 27.4 Å². The Hall–Kier alpha value is -2.82. The van der Waals surface area contributed by atoms with Gasteiger partial charge in [-0.25, -0.2) is 0 Å². The predicted molar refractivity (Wildman–Crippen MR) is 119 cm³/mol. The summed E-state index contributed by atoms with van der Waals surface area (Å²) < 4.78 is 17.3. The number of benzene rings is 3. The van der Waals surface area contributed by atoms with Gasteiger partial charge in [0.25, 0.3) is 0 Å². The zero-order chi connectivity index (χ0) is 21.4. The summed E-state index contributed by atoms with van der Waals surface area (Å²) >= 11 is 0.